The smallest absolute Gasteiger partial charge is 0.143 e. The summed E-state index contributed by atoms with van der Waals surface area (Å²) in [5, 5.41) is 9.83. The van der Waals surface area contributed by atoms with Gasteiger partial charge in [0.1, 0.15) is 11.2 Å². The van der Waals surface area contributed by atoms with Gasteiger partial charge in [-0.3, -0.25) is 0 Å². The summed E-state index contributed by atoms with van der Waals surface area (Å²) < 4.78 is 6.39. The third-order valence-electron chi connectivity index (χ3n) is 10.1. The molecule has 10 rings (SSSR count). The molecule has 0 spiro atoms. The Labute approximate surface area is 284 Å². The van der Waals surface area contributed by atoms with E-state index in [1.54, 1.807) is 0 Å². The van der Waals surface area contributed by atoms with E-state index in [4.69, 9.17) is 4.42 Å². The highest BCUT2D eigenvalue weighted by Crippen LogP contribution is 2.47. The van der Waals surface area contributed by atoms with Gasteiger partial charge in [0, 0.05) is 16.3 Å². The SMILES string of the molecule is c1ccc(-c2ccc(-c3c4ccccc4c(-c4ccc(-c5cccc6c5oc5ccccc56)cc4)c4ccccc34)c3ccccc23)cc1. The van der Waals surface area contributed by atoms with E-state index in [1.165, 1.54) is 65.7 Å². The molecule has 9 aromatic carbocycles. The molecule has 0 unspecified atom stereocenters. The Balaban J connectivity index is 1.18. The summed E-state index contributed by atoms with van der Waals surface area (Å²) >= 11 is 0. The van der Waals surface area contributed by atoms with Crippen LogP contribution in [0.3, 0.4) is 0 Å². The molecule has 0 N–H and O–H groups in total. The molecule has 0 saturated heterocycles. The van der Waals surface area contributed by atoms with Crippen LogP contribution in [0.2, 0.25) is 0 Å². The van der Waals surface area contributed by atoms with E-state index in [-0.39, 0.29) is 0 Å². The molecule has 10 aromatic rings. The minimum atomic E-state index is 0.919. The van der Waals surface area contributed by atoms with E-state index in [9.17, 15) is 0 Å². The van der Waals surface area contributed by atoms with Crippen LogP contribution in [0.1, 0.15) is 0 Å². The molecule has 49 heavy (non-hydrogen) atoms. The van der Waals surface area contributed by atoms with Crippen molar-refractivity contribution in [2.45, 2.75) is 0 Å². The Morgan fingerprint density at radius 2 is 0.714 bits per heavy atom. The van der Waals surface area contributed by atoms with E-state index < -0.39 is 0 Å². The summed E-state index contributed by atoms with van der Waals surface area (Å²) in [5.41, 5.74) is 11.6. The molecule has 1 nitrogen and oxygen atoms in total. The summed E-state index contributed by atoms with van der Waals surface area (Å²) in [6.45, 7) is 0. The Hall–Kier alpha value is -6.44. The van der Waals surface area contributed by atoms with Gasteiger partial charge in [0.25, 0.3) is 0 Å². The Morgan fingerprint density at radius 1 is 0.245 bits per heavy atom. The summed E-state index contributed by atoms with van der Waals surface area (Å²) in [7, 11) is 0. The van der Waals surface area contributed by atoms with Crippen LogP contribution >= 0.6 is 0 Å². The number of fused-ring (bicyclic) bond motifs is 6. The van der Waals surface area contributed by atoms with Crippen LogP contribution in [-0.4, -0.2) is 0 Å². The fourth-order valence-electron chi connectivity index (χ4n) is 7.91. The lowest BCUT2D eigenvalue weighted by atomic mass is 9.83. The Bertz CT molecular complexity index is 2800. The van der Waals surface area contributed by atoms with Gasteiger partial charge in [0.2, 0.25) is 0 Å². The quantitative estimate of drug-likeness (QED) is 0.178. The normalized spacial score (nSPS) is 11.7. The zero-order valence-electron chi connectivity index (χ0n) is 26.7. The van der Waals surface area contributed by atoms with E-state index in [2.05, 4.69) is 170 Å². The molecule has 228 valence electrons. The van der Waals surface area contributed by atoms with Crippen LogP contribution in [0, 0.1) is 0 Å². The van der Waals surface area contributed by atoms with Crippen molar-refractivity contribution >= 4 is 54.3 Å². The maximum absolute atomic E-state index is 6.39. The molecular formula is C48H30O. The lowest BCUT2D eigenvalue weighted by Crippen LogP contribution is -1.92. The van der Waals surface area contributed by atoms with Crippen LogP contribution < -0.4 is 0 Å². The second kappa shape index (κ2) is 11.1. The molecule has 0 radical (unpaired) electrons. The topological polar surface area (TPSA) is 13.1 Å². The first-order valence-electron chi connectivity index (χ1n) is 16.9. The van der Waals surface area contributed by atoms with Crippen molar-refractivity contribution in [2.24, 2.45) is 0 Å². The number of hydrogen-bond acceptors (Lipinski definition) is 1. The largest absolute Gasteiger partial charge is 0.455 e. The number of hydrogen-bond donors (Lipinski definition) is 0. The highest BCUT2D eigenvalue weighted by Gasteiger charge is 2.19. The summed E-state index contributed by atoms with van der Waals surface area (Å²) in [5.74, 6) is 0. The number of benzene rings is 9. The van der Waals surface area contributed by atoms with Gasteiger partial charge in [0.05, 0.1) is 0 Å². The minimum Gasteiger partial charge on any atom is -0.455 e. The average molecular weight is 623 g/mol. The maximum Gasteiger partial charge on any atom is 0.143 e. The van der Waals surface area contributed by atoms with E-state index in [1.807, 2.05) is 12.1 Å². The van der Waals surface area contributed by atoms with Crippen LogP contribution in [-0.2, 0) is 0 Å². The molecule has 0 fully saturated rings. The third kappa shape index (κ3) is 4.33. The molecule has 1 heterocycles. The lowest BCUT2D eigenvalue weighted by molar-refractivity contribution is 0.670. The second-order valence-electron chi connectivity index (χ2n) is 12.8. The maximum atomic E-state index is 6.39. The molecule has 0 aliphatic heterocycles. The van der Waals surface area contributed by atoms with E-state index >= 15 is 0 Å². The van der Waals surface area contributed by atoms with E-state index in [0.717, 1.165) is 33.1 Å². The average Bonchev–Trinajstić information content (AvgIpc) is 3.56. The lowest BCUT2D eigenvalue weighted by Gasteiger charge is -2.20. The monoisotopic (exact) mass is 622 g/mol. The van der Waals surface area contributed by atoms with Gasteiger partial charge < -0.3 is 4.42 Å². The van der Waals surface area contributed by atoms with Crippen molar-refractivity contribution in [1.29, 1.82) is 0 Å². The molecular weight excluding hydrogens is 593 g/mol. The predicted octanol–water partition coefficient (Wildman–Crippen LogP) is 13.7. The third-order valence-corrected chi connectivity index (χ3v) is 10.1. The summed E-state index contributed by atoms with van der Waals surface area (Å²) in [6.07, 6.45) is 0. The van der Waals surface area contributed by atoms with Gasteiger partial charge in [-0.2, -0.15) is 0 Å². The second-order valence-corrected chi connectivity index (χ2v) is 12.8. The van der Waals surface area contributed by atoms with Crippen molar-refractivity contribution in [3.8, 4) is 44.5 Å². The standard InChI is InChI=1S/C48H30O/c1-2-13-31(14-3-1)34-29-30-43(37-16-5-4-15-36(34)37)47-41-20-8-6-18-39(41)46(40-19-7-9-21-42(40)47)33-27-25-32(26-28-33)35-22-12-23-44-38-17-10-11-24-45(38)49-48(35)44/h1-30H. The predicted molar refractivity (Wildman–Crippen MR) is 208 cm³/mol. The van der Waals surface area contributed by atoms with Crippen molar-refractivity contribution in [1.82, 2.24) is 0 Å². The van der Waals surface area contributed by atoms with Crippen LogP contribution in [0.5, 0.6) is 0 Å². The summed E-state index contributed by atoms with van der Waals surface area (Å²) in [4.78, 5) is 0. The highest BCUT2D eigenvalue weighted by molar-refractivity contribution is 6.24. The number of furan rings is 1. The van der Waals surface area contributed by atoms with Gasteiger partial charge in [-0.1, -0.05) is 176 Å². The first-order chi connectivity index (χ1) is 24.3. The molecule has 0 atom stereocenters. The minimum absolute atomic E-state index is 0.919. The van der Waals surface area contributed by atoms with Gasteiger partial charge >= 0.3 is 0 Å². The number of rotatable bonds is 4. The zero-order chi connectivity index (χ0) is 32.3. The molecule has 0 bridgehead atoms. The molecule has 1 heteroatoms. The van der Waals surface area contributed by atoms with Gasteiger partial charge in [-0.05, 0) is 77.3 Å². The zero-order valence-corrected chi connectivity index (χ0v) is 26.7. The van der Waals surface area contributed by atoms with Crippen molar-refractivity contribution in [2.75, 3.05) is 0 Å². The van der Waals surface area contributed by atoms with Gasteiger partial charge in [0.15, 0.2) is 0 Å². The molecule has 0 amide bonds. The van der Waals surface area contributed by atoms with Gasteiger partial charge in [-0.15, -0.1) is 0 Å². The molecule has 0 aliphatic carbocycles. The van der Waals surface area contributed by atoms with Crippen molar-refractivity contribution < 1.29 is 4.42 Å². The Kier molecular flexibility index (Phi) is 6.25. The van der Waals surface area contributed by atoms with Crippen LogP contribution in [0.25, 0.3) is 98.8 Å². The van der Waals surface area contributed by atoms with E-state index in [0.29, 0.717) is 0 Å². The van der Waals surface area contributed by atoms with Gasteiger partial charge in [-0.25, -0.2) is 0 Å². The van der Waals surface area contributed by atoms with Crippen molar-refractivity contribution in [3.05, 3.63) is 182 Å². The first-order valence-corrected chi connectivity index (χ1v) is 16.9. The fraction of sp³-hybridized carbons (Fsp3) is 0. The Morgan fingerprint density at radius 3 is 1.39 bits per heavy atom. The first kappa shape index (κ1) is 27.7. The highest BCUT2D eigenvalue weighted by atomic mass is 16.3. The molecule has 1 aromatic heterocycles. The number of para-hydroxylation sites is 2. The van der Waals surface area contributed by atoms with Crippen LogP contribution in [0.15, 0.2) is 186 Å². The molecule has 0 saturated carbocycles. The molecule has 0 aliphatic rings. The summed E-state index contributed by atoms with van der Waals surface area (Å²) in [6, 6.07) is 65.7. The van der Waals surface area contributed by atoms with Crippen LogP contribution in [0.4, 0.5) is 0 Å². The van der Waals surface area contributed by atoms with Crippen molar-refractivity contribution in [3.63, 3.8) is 0 Å². The fourth-order valence-corrected chi connectivity index (χ4v) is 7.91.